The minimum Gasteiger partial charge on any atom is -0.504 e. The number of carboxylic acid groups (broad SMARTS) is 1. The number of nitrogens with zero attached hydrogens (tertiary/aromatic N) is 1. The van der Waals surface area contributed by atoms with Crippen LogP contribution in [0.15, 0.2) is 47.7 Å². The van der Waals surface area contributed by atoms with Crippen molar-refractivity contribution in [1.29, 1.82) is 0 Å². The highest BCUT2D eigenvalue weighted by atomic mass is 16.6. The van der Waals surface area contributed by atoms with E-state index in [1.807, 2.05) is 19.1 Å². The lowest BCUT2D eigenvalue weighted by Gasteiger charge is -2.28. The second-order valence-corrected chi connectivity index (χ2v) is 7.17. The molecule has 0 bridgehead atoms. The zero-order chi connectivity index (χ0) is 25.6. The van der Waals surface area contributed by atoms with Gasteiger partial charge in [0.15, 0.2) is 5.75 Å². The normalized spacial score (nSPS) is 14.7. The van der Waals surface area contributed by atoms with Crippen LogP contribution in [0.2, 0.25) is 0 Å². The lowest BCUT2D eigenvalue weighted by atomic mass is 9.93. The van der Waals surface area contributed by atoms with Gasteiger partial charge < -0.3 is 30.9 Å². The van der Waals surface area contributed by atoms with Crippen molar-refractivity contribution < 1.29 is 34.3 Å². The van der Waals surface area contributed by atoms with E-state index in [0.717, 1.165) is 12.5 Å². The van der Waals surface area contributed by atoms with Crippen LogP contribution in [-0.4, -0.2) is 40.2 Å². The number of aryl methyl sites for hydroxylation is 1. The fraction of sp³-hybridized carbons (Fsp3) is 0.227. The first kappa shape index (κ1) is 25.6. The molecule has 5 N–H and O–H groups in total. The van der Waals surface area contributed by atoms with Crippen LogP contribution in [0.25, 0.3) is 0 Å². The first-order chi connectivity index (χ1) is 16.0. The molecular formula is C22H24N4O8. The van der Waals surface area contributed by atoms with Gasteiger partial charge in [0.2, 0.25) is 5.75 Å². The van der Waals surface area contributed by atoms with Gasteiger partial charge in [0.25, 0.3) is 11.9 Å². The van der Waals surface area contributed by atoms with Crippen LogP contribution in [0.5, 0.6) is 11.5 Å². The summed E-state index contributed by atoms with van der Waals surface area (Å²) in [7, 11) is 1.18. The van der Waals surface area contributed by atoms with E-state index in [1.54, 1.807) is 12.1 Å². The number of nitro groups is 1. The van der Waals surface area contributed by atoms with Crippen LogP contribution >= 0.6 is 0 Å². The van der Waals surface area contributed by atoms with Crippen molar-refractivity contribution in [3.63, 3.8) is 0 Å². The Hall–Kier alpha value is -4.61. The van der Waals surface area contributed by atoms with Gasteiger partial charge in [-0.15, -0.1) is 0 Å². The highest BCUT2D eigenvalue weighted by Crippen LogP contribution is 2.43. The number of benzene rings is 2. The first-order valence-corrected chi connectivity index (χ1v) is 9.86. The zero-order valence-electron chi connectivity index (χ0n) is 18.8. The number of anilines is 1. The van der Waals surface area contributed by atoms with E-state index in [-0.39, 0.29) is 22.6 Å². The van der Waals surface area contributed by atoms with E-state index in [4.69, 9.17) is 14.6 Å². The Bertz CT molecular complexity index is 1170. The van der Waals surface area contributed by atoms with Crippen LogP contribution in [0.1, 0.15) is 31.0 Å². The van der Waals surface area contributed by atoms with E-state index in [9.17, 15) is 24.8 Å². The Morgan fingerprint density at radius 2 is 1.79 bits per heavy atom. The molecule has 3 amide bonds. The summed E-state index contributed by atoms with van der Waals surface area (Å²) in [5, 5.41) is 36.9. The molecule has 1 aliphatic rings. The largest absolute Gasteiger partial charge is 0.504 e. The number of nitro benzene ring substituents is 1. The Morgan fingerprint density at radius 3 is 2.35 bits per heavy atom. The summed E-state index contributed by atoms with van der Waals surface area (Å²) in [4.78, 5) is 45.2. The van der Waals surface area contributed by atoms with Gasteiger partial charge in [-0.25, -0.2) is 4.79 Å². The van der Waals surface area contributed by atoms with Crippen LogP contribution in [-0.2, 0) is 9.59 Å². The molecule has 34 heavy (non-hydrogen) atoms. The molecule has 0 saturated carbocycles. The molecule has 3 rings (SSSR count). The van der Waals surface area contributed by atoms with Crippen LogP contribution in [0, 0.1) is 17.0 Å². The number of hydrogen-bond acceptors (Lipinski definition) is 7. The van der Waals surface area contributed by atoms with Crippen molar-refractivity contribution in [1.82, 2.24) is 10.6 Å². The number of carbonyl (C=O) groups excluding carboxylic acids is 2. The van der Waals surface area contributed by atoms with Crippen LogP contribution in [0.4, 0.5) is 16.2 Å². The van der Waals surface area contributed by atoms with E-state index >= 15 is 0 Å². The van der Waals surface area contributed by atoms with Crippen molar-refractivity contribution in [2.45, 2.75) is 26.8 Å². The SMILES string of the molecule is CC(=O)O.COc1c(O)ccc(C2NC(=O)NC(C)=C2C(=O)Nc2ccccc2C)c1[N+](=O)[O-]. The number of aliphatic carboxylic acids is 1. The molecule has 0 radical (unpaired) electrons. The van der Waals surface area contributed by atoms with Gasteiger partial charge in [0, 0.05) is 18.3 Å². The molecule has 1 atom stereocenters. The number of allylic oxidation sites excluding steroid dienone is 1. The number of methoxy groups -OCH3 is 1. The molecule has 12 heteroatoms. The average Bonchev–Trinajstić information content (AvgIpc) is 2.73. The summed E-state index contributed by atoms with van der Waals surface area (Å²) in [6.07, 6.45) is 0. The number of rotatable bonds is 5. The maximum atomic E-state index is 13.1. The summed E-state index contributed by atoms with van der Waals surface area (Å²) >= 11 is 0. The summed E-state index contributed by atoms with van der Waals surface area (Å²) in [5.41, 5.74) is 1.18. The molecule has 0 saturated heterocycles. The molecule has 12 nitrogen and oxygen atoms in total. The smallest absolute Gasteiger partial charge is 0.320 e. The van der Waals surface area contributed by atoms with E-state index in [1.165, 1.54) is 26.2 Å². The molecule has 0 aliphatic carbocycles. The van der Waals surface area contributed by atoms with Crippen molar-refractivity contribution in [3.8, 4) is 11.5 Å². The molecule has 2 aromatic carbocycles. The number of carbonyl (C=O) groups is 3. The number of hydrogen-bond donors (Lipinski definition) is 5. The third-order valence-electron chi connectivity index (χ3n) is 4.75. The van der Waals surface area contributed by atoms with Crippen LogP contribution in [0.3, 0.4) is 0 Å². The third kappa shape index (κ3) is 5.79. The van der Waals surface area contributed by atoms with Gasteiger partial charge in [0.1, 0.15) is 0 Å². The van der Waals surface area contributed by atoms with Gasteiger partial charge in [-0.05, 0) is 37.6 Å². The number of amides is 3. The van der Waals surface area contributed by atoms with Crippen molar-refractivity contribution in [2.75, 3.05) is 12.4 Å². The average molecular weight is 472 g/mol. The number of phenols is 1. The quantitative estimate of drug-likeness (QED) is 0.325. The molecule has 0 aromatic heterocycles. The Kier molecular flexibility index (Phi) is 8.15. The molecule has 1 heterocycles. The second kappa shape index (κ2) is 10.8. The van der Waals surface area contributed by atoms with Crippen molar-refractivity contribution in [2.24, 2.45) is 0 Å². The second-order valence-electron chi connectivity index (χ2n) is 7.17. The molecular weight excluding hydrogens is 448 g/mol. The fourth-order valence-corrected chi connectivity index (χ4v) is 3.33. The number of nitrogens with one attached hydrogen (secondary N) is 3. The zero-order valence-corrected chi connectivity index (χ0v) is 18.8. The Morgan fingerprint density at radius 1 is 1.18 bits per heavy atom. The van der Waals surface area contributed by atoms with Gasteiger partial charge in [-0.2, -0.15) is 0 Å². The number of urea groups is 1. The first-order valence-electron chi connectivity index (χ1n) is 9.86. The lowest BCUT2D eigenvalue weighted by Crippen LogP contribution is -2.46. The predicted molar refractivity (Wildman–Crippen MR) is 122 cm³/mol. The van der Waals surface area contributed by atoms with Gasteiger partial charge in [0.05, 0.1) is 29.2 Å². The fourth-order valence-electron chi connectivity index (χ4n) is 3.33. The summed E-state index contributed by atoms with van der Waals surface area (Å²) in [6, 6.07) is 7.86. The topological polar surface area (TPSA) is 180 Å². The highest BCUT2D eigenvalue weighted by Gasteiger charge is 2.37. The summed E-state index contributed by atoms with van der Waals surface area (Å²) in [6.45, 7) is 4.44. The number of aromatic hydroxyl groups is 1. The lowest BCUT2D eigenvalue weighted by molar-refractivity contribution is -0.386. The number of phenolic OH excluding ortho intramolecular Hbond substituents is 1. The molecule has 0 spiro atoms. The van der Waals surface area contributed by atoms with Gasteiger partial charge in [-0.3, -0.25) is 19.7 Å². The monoisotopic (exact) mass is 472 g/mol. The Labute approximate surface area is 194 Å². The summed E-state index contributed by atoms with van der Waals surface area (Å²) < 4.78 is 4.99. The maximum Gasteiger partial charge on any atom is 0.320 e. The molecule has 2 aromatic rings. The van der Waals surface area contributed by atoms with Gasteiger partial charge in [-0.1, -0.05) is 18.2 Å². The number of para-hydroxylation sites is 1. The predicted octanol–water partition coefficient (Wildman–Crippen LogP) is 2.97. The summed E-state index contributed by atoms with van der Waals surface area (Å²) in [5.74, 6) is -2.16. The minimum absolute atomic E-state index is 0.00113. The molecule has 0 fully saturated rings. The standard InChI is InChI=1S/C20H20N4O6.C2H4O2/c1-10-6-4-5-7-13(10)22-19(26)15-11(2)21-20(27)23-16(15)12-8-9-14(25)18(30-3)17(12)24(28)29;1-2(3)4/h4-9,16,25H,1-3H3,(H,22,26)(H2,21,23,27);1H3,(H,3,4). The highest BCUT2D eigenvalue weighted by molar-refractivity contribution is 6.07. The van der Waals surface area contributed by atoms with Crippen LogP contribution < -0.4 is 20.7 Å². The molecule has 1 aliphatic heterocycles. The van der Waals surface area contributed by atoms with E-state index in [2.05, 4.69) is 16.0 Å². The number of carboxylic acids is 1. The maximum absolute atomic E-state index is 13.1. The Balaban J connectivity index is 0.000000945. The van der Waals surface area contributed by atoms with Crippen molar-refractivity contribution >= 4 is 29.3 Å². The van der Waals surface area contributed by atoms with Crippen molar-refractivity contribution in [3.05, 3.63) is 68.9 Å². The number of ether oxygens (including phenoxy) is 1. The van der Waals surface area contributed by atoms with E-state index < -0.39 is 40.3 Å². The molecule has 1 unspecified atom stereocenters. The minimum atomic E-state index is -1.14. The third-order valence-corrected chi connectivity index (χ3v) is 4.75. The van der Waals surface area contributed by atoms with E-state index in [0.29, 0.717) is 5.69 Å². The van der Waals surface area contributed by atoms with Gasteiger partial charge >= 0.3 is 11.7 Å². The molecule has 180 valence electrons.